The van der Waals surface area contributed by atoms with Crippen LogP contribution in [0.4, 0.5) is 0 Å². The molecule has 0 bridgehead atoms. The molecule has 0 unspecified atom stereocenters. The van der Waals surface area contributed by atoms with Crippen LogP contribution in [0.15, 0.2) is 48.5 Å². The van der Waals surface area contributed by atoms with Gasteiger partial charge >= 0.3 is 5.94 Å². The first kappa shape index (κ1) is 9.79. The fourth-order valence-corrected chi connectivity index (χ4v) is 2.18. The maximum Gasteiger partial charge on any atom is 0.678 e. The van der Waals surface area contributed by atoms with E-state index >= 15 is 0 Å². The van der Waals surface area contributed by atoms with E-state index in [1.165, 1.54) is 0 Å². The first-order valence-corrected chi connectivity index (χ1v) is 5.92. The van der Waals surface area contributed by atoms with Gasteiger partial charge in [-0.2, -0.15) is 0 Å². The van der Waals surface area contributed by atoms with E-state index in [1.807, 2.05) is 36.4 Å². The molecule has 1 heterocycles. The zero-order chi connectivity index (χ0) is 11.0. The van der Waals surface area contributed by atoms with Crippen LogP contribution in [-0.2, 0) is 0 Å². The molecule has 2 aromatic carbocycles. The highest BCUT2D eigenvalue weighted by Crippen LogP contribution is 2.42. The van der Waals surface area contributed by atoms with E-state index in [4.69, 9.17) is 9.31 Å². The van der Waals surface area contributed by atoms with Crippen molar-refractivity contribution in [2.24, 2.45) is 0 Å². The first-order valence-electron chi connectivity index (χ1n) is 5.00. The van der Waals surface area contributed by atoms with Crippen molar-refractivity contribution in [2.45, 2.75) is 0 Å². The molecule has 0 N–H and O–H groups in total. The molecule has 0 saturated carbocycles. The van der Waals surface area contributed by atoms with Crippen molar-refractivity contribution >= 4 is 21.7 Å². The Labute approximate surface area is 102 Å². The number of benzene rings is 2. The van der Waals surface area contributed by atoms with Gasteiger partial charge in [-0.1, -0.05) is 42.5 Å². The van der Waals surface area contributed by atoms with Gasteiger partial charge in [0.25, 0.3) is 0 Å². The summed E-state index contributed by atoms with van der Waals surface area (Å²) in [5.74, 6) is 1.20. The summed E-state index contributed by atoms with van der Waals surface area (Å²) in [6.07, 6.45) is 0. The van der Waals surface area contributed by atoms with Gasteiger partial charge in [0.2, 0.25) is 0 Å². The van der Waals surface area contributed by atoms with E-state index in [0.717, 1.165) is 22.6 Å². The maximum absolute atomic E-state index is 5.59. The number of fused-ring (bicyclic) bond motifs is 1. The fraction of sp³-hybridized carbons (Fsp3) is 0. The number of halogens is 1. The Morgan fingerprint density at radius 3 is 2.50 bits per heavy atom. The van der Waals surface area contributed by atoms with Gasteiger partial charge in [0.15, 0.2) is 5.75 Å². The van der Waals surface area contributed by atoms with Crippen molar-refractivity contribution in [1.82, 2.24) is 0 Å². The summed E-state index contributed by atoms with van der Waals surface area (Å²) < 4.78 is 11.1. The van der Waals surface area contributed by atoms with E-state index in [0.29, 0.717) is 0 Å². The van der Waals surface area contributed by atoms with E-state index in [-0.39, 0.29) is 5.94 Å². The van der Waals surface area contributed by atoms with Crippen molar-refractivity contribution in [3.63, 3.8) is 0 Å². The molecule has 78 valence electrons. The molecule has 0 radical (unpaired) electrons. The van der Waals surface area contributed by atoms with Gasteiger partial charge < -0.3 is 9.31 Å². The highest BCUT2D eigenvalue weighted by molar-refractivity contribution is 9.24. The molecule has 3 rings (SSSR count). The van der Waals surface area contributed by atoms with Gasteiger partial charge in [0.1, 0.15) is 5.75 Å². The van der Waals surface area contributed by atoms with Crippen LogP contribution in [0.5, 0.6) is 11.5 Å². The first-order chi connectivity index (χ1) is 7.84. The molecule has 0 saturated heterocycles. The summed E-state index contributed by atoms with van der Waals surface area (Å²) in [6.45, 7) is 0. The Morgan fingerprint density at radius 1 is 0.875 bits per heavy atom. The average Bonchev–Trinajstić information content (AvgIpc) is 2.70. The largest absolute Gasteiger partial charge is 0.678 e. The highest BCUT2D eigenvalue weighted by Gasteiger charge is 2.30. The second kappa shape index (κ2) is 3.87. The molecule has 4 heteroatoms. The van der Waals surface area contributed by atoms with Crippen molar-refractivity contribution in [3.05, 3.63) is 48.5 Å². The standard InChI is InChI=1S/C12H8BBrO2/c14-13-15-11-8-4-7-10(12(11)16-13)9-5-2-1-3-6-9/h1-8H. The second-order valence-corrected chi connectivity index (χ2v) is 4.26. The van der Waals surface area contributed by atoms with Crippen molar-refractivity contribution in [3.8, 4) is 22.6 Å². The highest BCUT2D eigenvalue weighted by atomic mass is 79.9. The quantitative estimate of drug-likeness (QED) is 0.741. The molecule has 1 aliphatic rings. The van der Waals surface area contributed by atoms with E-state index in [2.05, 4.69) is 27.9 Å². The van der Waals surface area contributed by atoms with E-state index in [1.54, 1.807) is 0 Å². The Kier molecular flexibility index (Phi) is 2.37. The zero-order valence-corrected chi connectivity index (χ0v) is 9.98. The molecule has 0 aromatic heterocycles. The van der Waals surface area contributed by atoms with Gasteiger partial charge in [0.05, 0.1) is 0 Å². The van der Waals surface area contributed by atoms with Crippen molar-refractivity contribution in [2.75, 3.05) is 0 Å². The molecule has 0 fully saturated rings. The molecule has 1 aliphatic heterocycles. The summed E-state index contributed by atoms with van der Waals surface area (Å²) in [5, 5.41) is 0. The summed E-state index contributed by atoms with van der Waals surface area (Å²) in [5.41, 5.74) is 2.18. The lowest BCUT2D eigenvalue weighted by Gasteiger charge is -2.06. The van der Waals surface area contributed by atoms with Crippen LogP contribution in [0.25, 0.3) is 11.1 Å². The van der Waals surface area contributed by atoms with Crippen LogP contribution < -0.4 is 9.31 Å². The SMILES string of the molecule is BrB1Oc2cccc(-c3ccccc3)c2O1. The predicted molar refractivity (Wildman–Crippen MR) is 67.8 cm³/mol. The third-order valence-corrected chi connectivity index (χ3v) is 2.87. The van der Waals surface area contributed by atoms with Crippen molar-refractivity contribution < 1.29 is 9.31 Å². The molecular weight excluding hydrogens is 267 g/mol. The predicted octanol–water partition coefficient (Wildman–Crippen LogP) is 3.50. The number of rotatable bonds is 1. The maximum atomic E-state index is 5.59. The van der Waals surface area contributed by atoms with Gasteiger partial charge in [-0.15, -0.1) is 0 Å². The van der Waals surface area contributed by atoms with Crippen LogP contribution in [0.2, 0.25) is 0 Å². The smallest absolute Gasteiger partial charge is 0.514 e. The van der Waals surface area contributed by atoms with Gasteiger partial charge in [-0.05, 0) is 27.4 Å². The van der Waals surface area contributed by atoms with E-state index in [9.17, 15) is 0 Å². The van der Waals surface area contributed by atoms with Crippen LogP contribution in [0.1, 0.15) is 0 Å². The molecule has 0 atom stereocenters. The summed E-state index contributed by atoms with van der Waals surface area (Å²) in [6, 6.07) is 16.0. The lowest BCUT2D eigenvalue weighted by atomic mass is 10.0. The molecule has 2 nitrogen and oxygen atoms in total. The minimum absolute atomic E-state index is 0.382. The molecular formula is C12H8BBrO2. The summed E-state index contributed by atoms with van der Waals surface area (Å²) in [4.78, 5) is 0. The minimum Gasteiger partial charge on any atom is -0.514 e. The van der Waals surface area contributed by atoms with Crippen LogP contribution >= 0.6 is 15.8 Å². The zero-order valence-electron chi connectivity index (χ0n) is 8.39. The minimum atomic E-state index is -0.382. The lowest BCUT2D eigenvalue weighted by Crippen LogP contribution is -2.14. The van der Waals surface area contributed by atoms with Crippen LogP contribution in [-0.4, -0.2) is 5.94 Å². The molecule has 16 heavy (non-hydrogen) atoms. The summed E-state index contributed by atoms with van der Waals surface area (Å²) >= 11 is 3.28. The average molecular weight is 275 g/mol. The van der Waals surface area contributed by atoms with Crippen molar-refractivity contribution in [1.29, 1.82) is 0 Å². The number of hydrogen-bond acceptors (Lipinski definition) is 2. The number of hydrogen-bond donors (Lipinski definition) is 0. The van der Waals surface area contributed by atoms with E-state index < -0.39 is 0 Å². The Balaban J connectivity index is 2.14. The van der Waals surface area contributed by atoms with Crippen LogP contribution in [0.3, 0.4) is 0 Å². The Bertz CT molecular complexity index is 516. The fourth-order valence-electron chi connectivity index (χ4n) is 1.79. The topological polar surface area (TPSA) is 18.5 Å². The number of para-hydroxylation sites is 1. The molecule has 0 amide bonds. The Morgan fingerprint density at radius 2 is 1.69 bits per heavy atom. The monoisotopic (exact) mass is 274 g/mol. The Hall–Kier alpha value is -1.42. The molecule has 2 aromatic rings. The third kappa shape index (κ3) is 1.59. The third-order valence-electron chi connectivity index (χ3n) is 2.49. The van der Waals surface area contributed by atoms with Gasteiger partial charge in [-0.3, -0.25) is 0 Å². The second-order valence-electron chi connectivity index (χ2n) is 3.51. The van der Waals surface area contributed by atoms with Crippen LogP contribution in [0, 0.1) is 0 Å². The molecule has 0 aliphatic carbocycles. The lowest BCUT2D eigenvalue weighted by molar-refractivity contribution is 0.534. The van der Waals surface area contributed by atoms with Gasteiger partial charge in [0, 0.05) is 5.56 Å². The normalized spacial score (nSPS) is 12.9. The molecule has 0 spiro atoms. The summed E-state index contributed by atoms with van der Waals surface area (Å²) in [7, 11) is 0. The van der Waals surface area contributed by atoms with Gasteiger partial charge in [-0.25, -0.2) is 0 Å².